The van der Waals surface area contributed by atoms with Gasteiger partial charge in [-0.3, -0.25) is 0 Å². The minimum atomic E-state index is -0.490. The van der Waals surface area contributed by atoms with Gasteiger partial charge in [0.25, 0.3) is 0 Å². The summed E-state index contributed by atoms with van der Waals surface area (Å²) in [6, 6.07) is 7.99. The Hall–Kier alpha value is -1.75. The quantitative estimate of drug-likeness (QED) is 0.774. The largest absolute Gasteiger partial charge is 0.444 e. The molecule has 0 heterocycles. The van der Waals surface area contributed by atoms with Crippen molar-refractivity contribution in [3.8, 4) is 0 Å². The van der Waals surface area contributed by atoms with E-state index < -0.39 is 11.7 Å². The van der Waals surface area contributed by atoms with E-state index in [4.69, 9.17) is 10.5 Å². The first-order valence-electron chi connectivity index (χ1n) is 6.83. The van der Waals surface area contributed by atoms with Crippen LogP contribution in [0.15, 0.2) is 24.3 Å². The first-order chi connectivity index (χ1) is 9.31. The van der Waals surface area contributed by atoms with Crippen LogP contribution in [-0.2, 0) is 11.3 Å². The fourth-order valence-corrected chi connectivity index (χ4v) is 1.62. The second-order valence-electron chi connectivity index (χ2n) is 5.79. The van der Waals surface area contributed by atoms with E-state index in [1.807, 2.05) is 52.0 Å². The van der Waals surface area contributed by atoms with Gasteiger partial charge in [-0.25, -0.2) is 4.79 Å². The zero-order valence-electron chi connectivity index (χ0n) is 12.7. The maximum Gasteiger partial charge on any atom is 0.407 e. The Morgan fingerprint density at radius 3 is 2.60 bits per heavy atom. The highest BCUT2D eigenvalue weighted by molar-refractivity contribution is 5.68. The van der Waals surface area contributed by atoms with Crippen LogP contribution in [0.2, 0.25) is 0 Å². The monoisotopic (exact) mass is 279 g/mol. The standard InChI is InChI=1S/C15H25N3O2/c1-11(9-16)18-13-8-6-5-7-12(13)10-17-14(19)20-15(2,3)4/h5-8,11,18H,9-10,16H2,1-4H3,(H,17,19). The summed E-state index contributed by atoms with van der Waals surface area (Å²) in [5.74, 6) is 0. The van der Waals surface area contributed by atoms with Crippen molar-refractivity contribution in [1.82, 2.24) is 5.32 Å². The summed E-state index contributed by atoms with van der Waals surface area (Å²) in [6.45, 7) is 8.49. The molecule has 0 spiro atoms. The molecule has 0 aliphatic carbocycles. The molecule has 0 bridgehead atoms. The fourth-order valence-electron chi connectivity index (χ4n) is 1.62. The van der Waals surface area contributed by atoms with Crippen molar-refractivity contribution in [3.05, 3.63) is 29.8 Å². The number of benzene rings is 1. The second-order valence-corrected chi connectivity index (χ2v) is 5.79. The van der Waals surface area contributed by atoms with Crippen molar-refractivity contribution >= 4 is 11.8 Å². The lowest BCUT2D eigenvalue weighted by atomic mass is 10.1. The SMILES string of the molecule is CC(CN)Nc1ccccc1CNC(=O)OC(C)(C)C. The first-order valence-corrected chi connectivity index (χ1v) is 6.83. The highest BCUT2D eigenvalue weighted by Gasteiger charge is 2.16. The van der Waals surface area contributed by atoms with Crippen molar-refractivity contribution in [1.29, 1.82) is 0 Å². The van der Waals surface area contributed by atoms with Gasteiger partial charge >= 0.3 is 6.09 Å². The Labute approximate surface area is 120 Å². The third-order valence-corrected chi connectivity index (χ3v) is 2.59. The van der Waals surface area contributed by atoms with E-state index in [0.29, 0.717) is 13.1 Å². The van der Waals surface area contributed by atoms with Gasteiger partial charge in [-0.2, -0.15) is 0 Å². The van der Waals surface area contributed by atoms with Gasteiger partial charge in [0, 0.05) is 24.8 Å². The van der Waals surface area contributed by atoms with Gasteiger partial charge in [0.1, 0.15) is 5.60 Å². The van der Waals surface area contributed by atoms with Crippen LogP contribution in [-0.4, -0.2) is 24.3 Å². The zero-order chi connectivity index (χ0) is 15.2. The molecule has 1 amide bonds. The minimum Gasteiger partial charge on any atom is -0.444 e. The molecule has 112 valence electrons. The number of carbonyl (C=O) groups is 1. The van der Waals surface area contributed by atoms with Gasteiger partial charge in [-0.15, -0.1) is 0 Å². The fraction of sp³-hybridized carbons (Fsp3) is 0.533. The Morgan fingerprint density at radius 1 is 1.35 bits per heavy atom. The molecule has 0 aromatic heterocycles. The number of anilines is 1. The van der Waals surface area contributed by atoms with Crippen molar-refractivity contribution in [2.24, 2.45) is 5.73 Å². The van der Waals surface area contributed by atoms with Gasteiger partial charge in [-0.1, -0.05) is 18.2 Å². The average molecular weight is 279 g/mol. The summed E-state index contributed by atoms with van der Waals surface area (Å²) in [4.78, 5) is 11.6. The van der Waals surface area contributed by atoms with Crippen LogP contribution in [0, 0.1) is 0 Å². The van der Waals surface area contributed by atoms with Crippen LogP contribution in [0.5, 0.6) is 0 Å². The lowest BCUT2D eigenvalue weighted by molar-refractivity contribution is 0.0523. The van der Waals surface area contributed by atoms with Crippen LogP contribution in [0.4, 0.5) is 10.5 Å². The van der Waals surface area contributed by atoms with Crippen LogP contribution in [0.1, 0.15) is 33.3 Å². The Kier molecular flexibility index (Phi) is 5.82. The van der Waals surface area contributed by atoms with Crippen LogP contribution >= 0.6 is 0 Å². The molecular weight excluding hydrogens is 254 g/mol. The predicted octanol–water partition coefficient (Wildman–Crippen LogP) is 2.47. The summed E-state index contributed by atoms with van der Waals surface area (Å²) in [6.07, 6.45) is -0.417. The highest BCUT2D eigenvalue weighted by atomic mass is 16.6. The zero-order valence-corrected chi connectivity index (χ0v) is 12.7. The number of para-hydroxylation sites is 1. The number of hydrogen-bond acceptors (Lipinski definition) is 4. The number of nitrogens with two attached hydrogens (primary N) is 1. The molecule has 0 radical (unpaired) electrons. The van der Waals surface area contributed by atoms with Crippen LogP contribution in [0.3, 0.4) is 0 Å². The van der Waals surface area contributed by atoms with Gasteiger partial charge < -0.3 is 21.1 Å². The Bertz CT molecular complexity index is 441. The third-order valence-electron chi connectivity index (χ3n) is 2.59. The molecule has 1 aromatic rings. The number of nitrogens with one attached hydrogen (secondary N) is 2. The van der Waals surface area contributed by atoms with Gasteiger partial charge in [0.2, 0.25) is 0 Å². The van der Waals surface area contributed by atoms with Gasteiger partial charge in [0.05, 0.1) is 0 Å². The van der Waals surface area contributed by atoms with Gasteiger partial charge in [0.15, 0.2) is 0 Å². The van der Waals surface area contributed by atoms with Crippen molar-refractivity contribution in [2.45, 2.75) is 45.9 Å². The third kappa shape index (κ3) is 5.93. The van der Waals surface area contributed by atoms with Crippen molar-refractivity contribution in [3.63, 3.8) is 0 Å². The van der Waals surface area contributed by atoms with Crippen LogP contribution in [0.25, 0.3) is 0 Å². The molecular formula is C15H25N3O2. The summed E-state index contributed by atoms with van der Waals surface area (Å²) in [7, 11) is 0. The normalized spacial score (nSPS) is 12.7. The molecule has 5 heteroatoms. The minimum absolute atomic E-state index is 0.178. The lowest BCUT2D eigenvalue weighted by Crippen LogP contribution is -2.32. The molecule has 0 saturated heterocycles. The number of amides is 1. The average Bonchev–Trinajstić information content (AvgIpc) is 2.35. The van der Waals surface area contributed by atoms with Crippen LogP contribution < -0.4 is 16.4 Å². The lowest BCUT2D eigenvalue weighted by Gasteiger charge is -2.20. The molecule has 0 saturated carbocycles. The number of alkyl carbamates (subject to hydrolysis) is 1. The molecule has 1 aromatic carbocycles. The van der Waals surface area contributed by atoms with E-state index in [-0.39, 0.29) is 6.04 Å². The number of hydrogen-bond donors (Lipinski definition) is 3. The van der Waals surface area contributed by atoms with E-state index in [1.165, 1.54) is 0 Å². The van der Waals surface area contributed by atoms with Crippen molar-refractivity contribution in [2.75, 3.05) is 11.9 Å². The maximum absolute atomic E-state index is 11.6. The molecule has 0 fully saturated rings. The van der Waals surface area contributed by atoms with E-state index >= 15 is 0 Å². The van der Waals surface area contributed by atoms with Gasteiger partial charge in [-0.05, 0) is 39.3 Å². The topological polar surface area (TPSA) is 76.4 Å². The second kappa shape index (κ2) is 7.14. The number of ether oxygens (including phenoxy) is 1. The van der Waals surface area contributed by atoms with E-state index in [0.717, 1.165) is 11.3 Å². The molecule has 0 aliphatic heterocycles. The molecule has 1 atom stereocenters. The molecule has 1 rings (SSSR count). The molecule has 20 heavy (non-hydrogen) atoms. The van der Waals surface area contributed by atoms with E-state index in [2.05, 4.69) is 10.6 Å². The number of rotatable bonds is 5. The molecule has 4 N–H and O–H groups in total. The summed E-state index contributed by atoms with van der Waals surface area (Å²) in [5, 5.41) is 6.07. The summed E-state index contributed by atoms with van der Waals surface area (Å²) in [5.41, 5.74) is 7.09. The Morgan fingerprint density at radius 2 is 2.00 bits per heavy atom. The Balaban J connectivity index is 2.61. The van der Waals surface area contributed by atoms with E-state index in [9.17, 15) is 4.79 Å². The molecule has 1 unspecified atom stereocenters. The smallest absolute Gasteiger partial charge is 0.407 e. The highest BCUT2D eigenvalue weighted by Crippen LogP contribution is 2.16. The molecule has 5 nitrogen and oxygen atoms in total. The predicted molar refractivity (Wildman–Crippen MR) is 81.7 cm³/mol. The first kappa shape index (κ1) is 16.3. The maximum atomic E-state index is 11.6. The number of carbonyl (C=O) groups excluding carboxylic acids is 1. The summed E-state index contributed by atoms with van der Waals surface area (Å²) < 4.78 is 5.21. The van der Waals surface area contributed by atoms with Crippen molar-refractivity contribution < 1.29 is 9.53 Å². The summed E-state index contributed by atoms with van der Waals surface area (Å²) >= 11 is 0. The van der Waals surface area contributed by atoms with E-state index in [1.54, 1.807) is 0 Å². The molecule has 0 aliphatic rings.